The SMILES string of the molecule is C/C=C/COc1cc(/C=C/COC(=O)CC)cc(C)c1OC(=O)C(C)(C)C. The maximum absolute atomic E-state index is 12.3. The number of benzene rings is 1. The lowest BCUT2D eigenvalue weighted by Gasteiger charge is -2.20. The minimum atomic E-state index is -0.616. The molecule has 0 saturated heterocycles. The van der Waals surface area contributed by atoms with Crippen molar-refractivity contribution in [1.29, 1.82) is 0 Å². The third-order valence-electron chi connectivity index (χ3n) is 3.58. The van der Waals surface area contributed by atoms with Crippen LogP contribution < -0.4 is 9.47 Å². The van der Waals surface area contributed by atoms with Crippen molar-refractivity contribution < 1.29 is 23.8 Å². The Labute approximate surface area is 162 Å². The zero-order valence-corrected chi connectivity index (χ0v) is 17.1. The van der Waals surface area contributed by atoms with Gasteiger partial charge < -0.3 is 14.2 Å². The average molecular weight is 374 g/mol. The first-order chi connectivity index (χ1) is 12.7. The van der Waals surface area contributed by atoms with Crippen LogP contribution in [-0.4, -0.2) is 25.2 Å². The van der Waals surface area contributed by atoms with Gasteiger partial charge in [-0.2, -0.15) is 0 Å². The van der Waals surface area contributed by atoms with Gasteiger partial charge in [-0.3, -0.25) is 9.59 Å². The number of aryl methyl sites for hydroxylation is 1. The minimum absolute atomic E-state index is 0.210. The van der Waals surface area contributed by atoms with Crippen molar-refractivity contribution in [1.82, 2.24) is 0 Å². The molecule has 0 aromatic heterocycles. The van der Waals surface area contributed by atoms with Crippen molar-refractivity contribution in [3.63, 3.8) is 0 Å². The molecule has 27 heavy (non-hydrogen) atoms. The number of carbonyl (C=O) groups excluding carboxylic acids is 2. The van der Waals surface area contributed by atoms with E-state index in [4.69, 9.17) is 14.2 Å². The number of ether oxygens (including phenoxy) is 3. The van der Waals surface area contributed by atoms with Gasteiger partial charge in [-0.15, -0.1) is 0 Å². The highest BCUT2D eigenvalue weighted by Crippen LogP contribution is 2.35. The Morgan fingerprint density at radius 3 is 2.41 bits per heavy atom. The zero-order chi connectivity index (χ0) is 20.4. The fraction of sp³-hybridized carbons (Fsp3) is 0.455. The lowest BCUT2D eigenvalue weighted by atomic mass is 9.97. The van der Waals surface area contributed by atoms with E-state index in [9.17, 15) is 9.59 Å². The molecule has 1 aromatic carbocycles. The number of allylic oxidation sites excluding steroid dienone is 1. The zero-order valence-electron chi connectivity index (χ0n) is 17.1. The molecule has 1 rings (SSSR count). The molecule has 5 heteroatoms. The summed E-state index contributed by atoms with van der Waals surface area (Å²) in [5.74, 6) is 0.358. The number of hydrogen-bond acceptors (Lipinski definition) is 5. The second kappa shape index (κ2) is 10.6. The molecule has 0 spiro atoms. The van der Waals surface area contributed by atoms with Crippen LogP contribution in [0.3, 0.4) is 0 Å². The standard InChI is InChI=1S/C22H30O5/c1-7-9-12-25-18-15-17(11-10-13-26-19(23)8-2)14-16(3)20(18)27-21(24)22(4,5)6/h7,9-11,14-15H,8,12-13H2,1-6H3/b9-7+,11-10+. The summed E-state index contributed by atoms with van der Waals surface area (Å²) in [7, 11) is 0. The molecule has 5 nitrogen and oxygen atoms in total. The molecule has 1 aromatic rings. The number of carbonyl (C=O) groups is 2. The van der Waals surface area contributed by atoms with Gasteiger partial charge >= 0.3 is 11.9 Å². The van der Waals surface area contributed by atoms with Gasteiger partial charge in [0, 0.05) is 6.42 Å². The van der Waals surface area contributed by atoms with Crippen LogP contribution >= 0.6 is 0 Å². The maximum Gasteiger partial charge on any atom is 0.316 e. The van der Waals surface area contributed by atoms with Crippen LogP contribution in [0.4, 0.5) is 0 Å². The number of rotatable bonds is 8. The van der Waals surface area contributed by atoms with E-state index in [0.717, 1.165) is 11.1 Å². The van der Waals surface area contributed by atoms with E-state index in [2.05, 4.69) is 0 Å². The normalized spacial score (nSPS) is 11.8. The molecule has 0 N–H and O–H groups in total. The molecule has 0 atom stereocenters. The van der Waals surface area contributed by atoms with E-state index >= 15 is 0 Å². The van der Waals surface area contributed by atoms with Crippen molar-refractivity contribution in [3.8, 4) is 11.5 Å². The van der Waals surface area contributed by atoms with Crippen LogP contribution in [-0.2, 0) is 14.3 Å². The predicted molar refractivity (Wildman–Crippen MR) is 107 cm³/mol. The van der Waals surface area contributed by atoms with Crippen LogP contribution in [0, 0.1) is 12.3 Å². The van der Waals surface area contributed by atoms with Gasteiger partial charge in [0.25, 0.3) is 0 Å². The summed E-state index contributed by atoms with van der Waals surface area (Å²) in [4.78, 5) is 23.5. The van der Waals surface area contributed by atoms with Crippen LogP contribution in [0.2, 0.25) is 0 Å². The van der Waals surface area contributed by atoms with E-state index < -0.39 is 5.41 Å². The van der Waals surface area contributed by atoms with Gasteiger partial charge in [0.2, 0.25) is 0 Å². The van der Waals surface area contributed by atoms with Gasteiger partial charge in [0.1, 0.15) is 13.2 Å². The summed E-state index contributed by atoms with van der Waals surface area (Å²) in [5.41, 5.74) is 1.04. The van der Waals surface area contributed by atoms with E-state index in [1.54, 1.807) is 39.8 Å². The molecule has 0 fully saturated rings. The monoisotopic (exact) mass is 374 g/mol. The van der Waals surface area contributed by atoms with Crippen LogP contribution in [0.1, 0.15) is 52.2 Å². The Bertz CT molecular complexity index is 708. The third-order valence-corrected chi connectivity index (χ3v) is 3.58. The quantitative estimate of drug-likeness (QED) is 0.369. The van der Waals surface area contributed by atoms with E-state index in [1.165, 1.54) is 0 Å². The second-order valence-electron chi connectivity index (χ2n) is 7.12. The van der Waals surface area contributed by atoms with E-state index in [-0.39, 0.29) is 18.5 Å². The Balaban J connectivity index is 3.07. The Morgan fingerprint density at radius 1 is 1.11 bits per heavy atom. The van der Waals surface area contributed by atoms with E-state index in [1.807, 2.05) is 38.1 Å². The van der Waals surface area contributed by atoms with Gasteiger partial charge in [-0.25, -0.2) is 0 Å². The molecule has 0 heterocycles. The molecular formula is C22H30O5. The van der Waals surface area contributed by atoms with Crippen molar-refractivity contribution in [2.75, 3.05) is 13.2 Å². The summed E-state index contributed by atoms with van der Waals surface area (Å²) < 4.78 is 16.4. The van der Waals surface area contributed by atoms with Crippen molar-refractivity contribution in [2.45, 2.75) is 48.0 Å². The predicted octanol–water partition coefficient (Wildman–Crippen LogP) is 4.87. The van der Waals surface area contributed by atoms with Crippen molar-refractivity contribution >= 4 is 18.0 Å². The Morgan fingerprint density at radius 2 is 1.81 bits per heavy atom. The molecular weight excluding hydrogens is 344 g/mol. The lowest BCUT2D eigenvalue weighted by molar-refractivity contribution is -0.143. The molecule has 0 aliphatic heterocycles. The first-order valence-electron chi connectivity index (χ1n) is 9.12. The number of hydrogen-bond donors (Lipinski definition) is 0. The third kappa shape index (κ3) is 7.69. The smallest absolute Gasteiger partial charge is 0.316 e. The second-order valence-corrected chi connectivity index (χ2v) is 7.12. The summed E-state index contributed by atoms with van der Waals surface area (Å²) in [5, 5.41) is 0. The molecule has 0 amide bonds. The lowest BCUT2D eigenvalue weighted by Crippen LogP contribution is -2.26. The Kier molecular flexibility index (Phi) is 8.79. The van der Waals surface area contributed by atoms with Crippen LogP contribution in [0.25, 0.3) is 6.08 Å². The fourth-order valence-electron chi connectivity index (χ4n) is 2.01. The number of esters is 2. The molecule has 148 valence electrons. The van der Waals surface area contributed by atoms with Crippen LogP contribution in [0.15, 0.2) is 30.4 Å². The largest absolute Gasteiger partial charge is 0.486 e. The highest BCUT2D eigenvalue weighted by atomic mass is 16.6. The fourth-order valence-corrected chi connectivity index (χ4v) is 2.01. The molecule has 0 radical (unpaired) electrons. The molecule has 0 bridgehead atoms. The molecule has 0 aliphatic rings. The molecule has 0 aliphatic carbocycles. The minimum Gasteiger partial charge on any atom is -0.486 e. The highest BCUT2D eigenvalue weighted by molar-refractivity contribution is 5.79. The molecule has 0 unspecified atom stereocenters. The van der Waals surface area contributed by atoms with Crippen molar-refractivity contribution in [2.24, 2.45) is 5.41 Å². The van der Waals surface area contributed by atoms with Gasteiger partial charge in [0.15, 0.2) is 11.5 Å². The Hall–Kier alpha value is -2.56. The van der Waals surface area contributed by atoms with Gasteiger partial charge in [0.05, 0.1) is 5.41 Å². The summed E-state index contributed by atoms with van der Waals surface area (Å²) in [6.07, 6.45) is 7.72. The first-order valence-corrected chi connectivity index (χ1v) is 9.12. The van der Waals surface area contributed by atoms with Gasteiger partial charge in [-0.05, 0) is 64.0 Å². The van der Waals surface area contributed by atoms with Crippen LogP contribution in [0.5, 0.6) is 11.5 Å². The maximum atomic E-state index is 12.3. The van der Waals surface area contributed by atoms with Gasteiger partial charge in [-0.1, -0.05) is 25.2 Å². The average Bonchev–Trinajstić information content (AvgIpc) is 2.60. The highest BCUT2D eigenvalue weighted by Gasteiger charge is 2.26. The summed E-state index contributed by atoms with van der Waals surface area (Å²) in [6, 6.07) is 3.70. The topological polar surface area (TPSA) is 61.8 Å². The van der Waals surface area contributed by atoms with Crippen molar-refractivity contribution in [3.05, 3.63) is 41.5 Å². The summed E-state index contributed by atoms with van der Waals surface area (Å²) in [6.45, 7) is 11.5. The summed E-state index contributed by atoms with van der Waals surface area (Å²) >= 11 is 0. The first kappa shape index (κ1) is 22.5. The van der Waals surface area contributed by atoms with E-state index in [0.29, 0.717) is 24.5 Å². The molecule has 0 saturated carbocycles.